The molecule has 0 aliphatic rings. The molecule has 1 aromatic heterocycles. The minimum absolute atomic E-state index is 0.153. The van der Waals surface area contributed by atoms with Crippen LogP contribution >= 0.6 is 0 Å². The topological polar surface area (TPSA) is 75.3 Å². The van der Waals surface area contributed by atoms with Crippen molar-refractivity contribution in [1.29, 1.82) is 0 Å². The average molecular weight is 184 g/mol. The Morgan fingerprint density at radius 3 is 3.00 bits per heavy atom. The van der Waals surface area contributed by atoms with Crippen LogP contribution in [-0.4, -0.2) is 32.1 Å². The number of nitrogens with zero attached hydrogens (tertiary/aromatic N) is 2. The molecule has 2 N–H and O–H groups in total. The van der Waals surface area contributed by atoms with E-state index >= 15 is 0 Å². The highest BCUT2D eigenvalue weighted by Crippen LogP contribution is 2.01. The molecule has 1 rings (SSSR count). The number of hydrogen-bond donors (Lipinski definition) is 2. The number of aryl methyl sites for hydroxylation is 1. The van der Waals surface area contributed by atoms with Crippen LogP contribution in [0, 0.1) is 0 Å². The molecule has 0 unspecified atom stereocenters. The standard InChI is InChI=1S/C8H12N2O3/c1-6(11)3-5-10-7(8(12)13)2-4-9-10/h2,4,6,11H,3,5H2,1H3,(H,12,13)/t6-/m1/s1. The highest BCUT2D eigenvalue weighted by atomic mass is 16.4. The van der Waals surface area contributed by atoms with Crippen molar-refractivity contribution in [1.82, 2.24) is 9.78 Å². The second kappa shape index (κ2) is 4.04. The van der Waals surface area contributed by atoms with Gasteiger partial charge in [0.2, 0.25) is 0 Å². The number of carboxylic acids is 1. The van der Waals surface area contributed by atoms with Crippen LogP contribution in [0.1, 0.15) is 23.8 Å². The first-order chi connectivity index (χ1) is 6.11. The molecule has 0 amide bonds. The molecule has 0 saturated heterocycles. The van der Waals surface area contributed by atoms with Gasteiger partial charge in [0.25, 0.3) is 0 Å². The lowest BCUT2D eigenvalue weighted by Gasteiger charge is -2.05. The third-order valence-electron chi connectivity index (χ3n) is 1.69. The van der Waals surface area contributed by atoms with Crippen molar-refractivity contribution < 1.29 is 15.0 Å². The SMILES string of the molecule is C[C@@H](O)CCn1nccc1C(=O)O. The molecule has 0 aliphatic heterocycles. The van der Waals surface area contributed by atoms with Gasteiger partial charge in [-0.3, -0.25) is 4.68 Å². The van der Waals surface area contributed by atoms with E-state index in [2.05, 4.69) is 5.10 Å². The van der Waals surface area contributed by atoms with Gasteiger partial charge in [0.05, 0.1) is 6.10 Å². The Balaban J connectivity index is 2.65. The lowest BCUT2D eigenvalue weighted by molar-refractivity contribution is 0.0681. The molecule has 0 aliphatic carbocycles. The highest BCUT2D eigenvalue weighted by Gasteiger charge is 2.09. The number of aliphatic hydroxyl groups excluding tert-OH is 1. The van der Waals surface area contributed by atoms with Crippen molar-refractivity contribution in [2.75, 3.05) is 0 Å². The fourth-order valence-corrected chi connectivity index (χ4v) is 1.00. The highest BCUT2D eigenvalue weighted by molar-refractivity contribution is 5.85. The quantitative estimate of drug-likeness (QED) is 0.708. The van der Waals surface area contributed by atoms with Crippen LogP contribution in [0.15, 0.2) is 12.3 Å². The Morgan fingerprint density at radius 2 is 2.46 bits per heavy atom. The van der Waals surface area contributed by atoms with E-state index < -0.39 is 12.1 Å². The second-order valence-electron chi connectivity index (χ2n) is 2.88. The van der Waals surface area contributed by atoms with E-state index in [1.807, 2.05) is 0 Å². The van der Waals surface area contributed by atoms with Gasteiger partial charge in [-0.2, -0.15) is 5.10 Å². The molecule has 0 radical (unpaired) electrons. The Hall–Kier alpha value is -1.36. The monoisotopic (exact) mass is 184 g/mol. The minimum Gasteiger partial charge on any atom is -0.477 e. The molecule has 0 fully saturated rings. The molecule has 1 heterocycles. The molecule has 0 spiro atoms. The maximum atomic E-state index is 10.6. The number of carboxylic acid groups (broad SMARTS) is 1. The third kappa shape index (κ3) is 2.55. The summed E-state index contributed by atoms with van der Waals surface area (Å²) in [6.07, 6.45) is 1.50. The lowest BCUT2D eigenvalue weighted by atomic mass is 10.3. The summed E-state index contributed by atoms with van der Waals surface area (Å²) in [5.41, 5.74) is 0.153. The van der Waals surface area contributed by atoms with Crippen LogP contribution in [0.4, 0.5) is 0 Å². The van der Waals surface area contributed by atoms with Crippen LogP contribution in [0.5, 0.6) is 0 Å². The summed E-state index contributed by atoms with van der Waals surface area (Å²) in [5, 5.41) is 21.5. The van der Waals surface area contributed by atoms with E-state index in [4.69, 9.17) is 10.2 Å². The van der Waals surface area contributed by atoms with E-state index in [0.717, 1.165) is 0 Å². The van der Waals surface area contributed by atoms with Gasteiger partial charge in [-0.25, -0.2) is 4.79 Å². The number of rotatable bonds is 4. The van der Waals surface area contributed by atoms with Crippen molar-refractivity contribution in [3.05, 3.63) is 18.0 Å². The zero-order valence-corrected chi connectivity index (χ0v) is 7.34. The summed E-state index contributed by atoms with van der Waals surface area (Å²) in [6, 6.07) is 1.43. The predicted molar refractivity (Wildman–Crippen MR) is 45.5 cm³/mol. The van der Waals surface area contributed by atoms with Crippen LogP contribution < -0.4 is 0 Å². The average Bonchev–Trinajstić information content (AvgIpc) is 2.47. The zero-order chi connectivity index (χ0) is 9.84. The van der Waals surface area contributed by atoms with Gasteiger partial charge in [-0.05, 0) is 19.4 Å². The first-order valence-corrected chi connectivity index (χ1v) is 4.04. The summed E-state index contributed by atoms with van der Waals surface area (Å²) in [7, 11) is 0. The number of aliphatic hydroxyl groups is 1. The van der Waals surface area contributed by atoms with Gasteiger partial charge in [0, 0.05) is 12.7 Å². The lowest BCUT2D eigenvalue weighted by Crippen LogP contribution is -2.13. The number of aromatic carboxylic acids is 1. The fraction of sp³-hybridized carbons (Fsp3) is 0.500. The van der Waals surface area contributed by atoms with Crippen LogP contribution in [0.3, 0.4) is 0 Å². The smallest absolute Gasteiger partial charge is 0.354 e. The third-order valence-corrected chi connectivity index (χ3v) is 1.69. The molecule has 5 heteroatoms. The maximum Gasteiger partial charge on any atom is 0.354 e. The molecule has 5 nitrogen and oxygen atoms in total. The Morgan fingerprint density at radius 1 is 1.77 bits per heavy atom. The van der Waals surface area contributed by atoms with E-state index in [1.54, 1.807) is 6.92 Å². The van der Waals surface area contributed by atoms with Gasteiger partial charge >= 0.3 is 5.97 Å². The maximum absolute atomic E-state index is 10.6. The van der Waals surface area contributed by atoms with Crippen molar-refractivity contribution in [2.45, 2.75) is 26.0 Å². The Bertz CT molecular complexity index is 293. The van der Waals surface area contributed by atoms with E-state index in [9.17, 15) is 4.79 Å². The molecule has 1 aromatic rings. The van der Waals surface area contributed by atoms with Crippen molar-refractivity contribution >= 4 is 5.97 Å². The van der Waals surface area contributed by atoms with Crippen LogP contribution in [0.2, 0.25) is 0 Å². The second-order valence-corrected chi connectivity index (χ2v) is 2.88. The molecular formula is C8H12N2O3. The van der Waals surface area contributed by atoms with E-state index in [1.165, 1.54) is 16.9 Å². The Labute approximate surface area is 75.6 Å². The van der Waals surface area contributed by atoms with Gasteiger partial charge in [0.15, 0.2) is 0 Å². The number of carbonyl (C=O) groups is 1. The predicted octanol–water partition coefficient (Wildman–Crippen LogP) is 0.352. The minimum atomic E-state index is -0.997. The molecule has 0 bridgehead atoms. The zero-order valence-electron chi connectivity index (χ0n) is 7.34. The Kier molecular flexibility index (Phi) is 3.02. The summed E-state index contributed by atoms with van der Waals surface area (Å²) in [5.74, 6) is -0.997. The first kappa shape index (κ1) is 9.73. The van der Waals surface area contributed by atoms with Gasteiger partial charge in [-0.1, -0.05) is 0 Å². The molecular weight excluding hydrogens is 172 g/mol. The fourth-order valence-electron chi connectivity index (χ4n) is 1.00. The van der Waals surface area contributed by atoms with Gasteiger partial charge in [-0.15, -0.1) is 0 Å². The summed E-state index contributed by atoms with van der Waals surface area (Å²) in [6.45, 7) is 2.08. The van der Waals surface area contributed by atoms with Crippen molar-refractivity contribution in [3.8, 4) is 0 Å². The molecule has 0 saturated carbocycles. The van der Waals surface area contributed by atoms with Crippen molar-refractivity contribution in [2.24, 2.45) is 0 Å². The van der Waals surface area contributed by atoms with E-state index in [-0.39, 0.29) is 5.69 Å². The largest absolute Gasteiger partial charge is 0.477 e. The number of aromatic nitrogens is 2. The van der Waals surface area contributed by atoms with Gasteiger partial charge < -0.3 is 10.2 Å². The first-order valence-electron chi connectivity index (χ1n) is 4.04. The molecule has 1 atom stereocenters. The molecule has 13 heavy (non-hydrogen) atoms. The summed E-state index contributed by atoms with van der Waals surface area (Å²) in [4.78, 5) is 10.6. The normalized spacial score (nSPS) is 12.8. The van der Waals surface area contributed by atoms with Gasteiger partial charge in [0.1, 0.15) is 5.69 Å². The molecule has 72 valence electrons. The summed E-state index contributed by atoms with van der Waals surface area (Å²) >= 11 is 0. The summed E-state index contributed by atoms with van der Waals surface area (Å²) < 4.78 is 1.37. The van der Waals surface area contributed by atoms with E-state index in [0.29, 0.717) is 13.0 Å². The van der Waals surface area contributed by atoms with Crippen molar-refractivity contribution in [3.63, 3.8) is 0 Å². The number of hydrogen-bond acceptors (Lipinski definition) is 3. The van der Waals surface area contributed by atoms with Crippen LogP contribution in [-0.2, 0) is 6.54 Å². The molecule has 0 aromatic carbocycles. The van der Waals surface area contributed by atoms with Crippen LogP contribution in [0.25, 0.3) is 0 Å².